The van der Waals surface area contributed by atoms with Crippen molar-refractivity contribution < 1.29 is 22.7 Å². The summed E-state index contributed by atoms with van der Waals surface area (Å²) in [6.45, 7) is 0. The zero-order valence-electron chi connectivity index (χ0n) is 15.0. The summed E-state index contributed by atoms with van der Waals surface area (Å²) < 4.78 is 41.1. The molecule has 0 spiro atoms. The van der Waals surface area contributed by atoms with Crippen molar-refractivity contribution in [1.29, 1.82) is 0 Å². The summed E-state index contributed by atoms with van der Waals surface area (Å²) >= 11 is 3.32. The summed E-state index contributed by atoms with van der Waals surface area (Å²) in [7, 11) is -4.10. The van der Waals surface area contributed by atoms with E-state index in [-0.39, 0.29) is 21.8 Å². The zero-order valence-corrected chi connectivity index (χ0v) is 17.4. The summed E-state index contributed by atoms with van der Waals surface area (Å²) in [5, 5.41) is 16.9. The van der Waals surface area contributed by atoms with Gasteiger partial charge in [0.2, 0.25) is 5.78 Å². The van der Waals surface area contributed by atoms with Gasteiger partial charge in [0.1, 0.15) is 17.9 Å². The largest absolute Gasteiger partial charge is 0.507 e. The van der Waals surface area contributed by atoms with Gasteiger partial charge in [-0.25, -0.2) is 21.8 Å². The molecule has 11 heteroatoms. The molecule has 0 saturated heterocycles. The number of aromatic amines is 1. The van der Waals surface area contributed by atoms with E-state index in [1.165, 1.54) is 6.20 Å². The Hall–Kier alpha value is -3.31. The topological polar surface area (TPSA) is 118 Å². The fourth-order valence-corrected chi connectivity index (χ4v) is 4.62. The molecule has 0 atom stereocenters. The van der Waals surface area contributed by atoms with Crippen LogP contribution in [0.2, 0.25) is 0 Å². The van der Waals surface area contributed by atoms with Crippen molar-refractivity contribution in [3.63, 3.8) is 0 Å². The molecule has 8 nitrogen and oxygen atoms in total. The van der Waals surface area contributed by atoms with Crippen LogP contribution in [0, 0.1) is 5.82 Å². The first-order valence-electron chi connectivity index (χ1n) is 8.40. The molecule has 0 unspecified atom stereocenters. The second-order valence-electron chi connectivity index (χ2n) is 6.19. The molecular formula is C19H12BrFN4O4S. The van der Waals surface area contributed by atoms with Gasteiger partial charge in [0.15, 0.2) is 5.82 Å². The average Bonchev–Trinajstić information content (AvgIpc) is 3.36. The lowest BCUT2D eigenvalue weighted by Gasteiger charge is -2.07. The van der Waals surface area contributed by atoms with Crippen LogP contribution in [0.3, 0.4) is 0 Å². The number of hydrogen-bond donors (Lipinski definition) is 2. The number of rotatable bonds is 5. The van der Waals surface area contributed by atoms with E-state index in [4.69, 9.17) is 0 Å². The molecule has 0 amide bonds. The molecule has 2 heterocycles. The van der Waals surface area contributed by atoms with Gasteiger partial charge < -0.3 is 5.11 Å². The van der Waals surface area contributed by atoms with Gasteiger partial charge >= 0.3 is 0 Å². The maximum absolute atomic E-state index is 13.2. The molecular weight excluding hydrogens is 479 g/mol. The minimum absolute atomic E-state index is 0.0783. The fraction of sp³-hybridized carbons (Fsp3) is 0. The molecule has 2 aromatic heterocycles. The highest BCUT2D eigenvalue weighted by molar-refractivity contribution is 9.10. The van der Waals surface area contributed by atoms with Crippen LogP contribution in [0.5, 0.6) is 0 Å². The van der Waals surface area contributed by atoms with Crippen LogP contribution >= 0.6 is 15.9 Å². The Morgan fingerprint density at radius 1 is 1.20 bits per heavy atom. The molecule has 0 aliphatic rings. The third-order valence-electron chi connectivity index (χ3n) is 4.30. The minimum atomic E-state index is -4.10. The van der Waals surface area contributed by atoms with E-state index in [0.29, 0.717) is 9.86 Å². The SMILES string of the molecule is O=C(/C=C(/O)c1cn(S(=O)(=O)c2ccc(F)cc2)c2ccc(Br)cc12)c1ncn[nH]1. The normalized spacial score (nSPS) is 12.4. The number of nitrogens with zero attached hydrogens (tertiary/aromatic N) is 3. The van der Waals surface area contributed by atoms with Gasteiger partial charge in [0, 0.05) is 27.7 Å². The number of carbonyl (C=O) groups is 1. The van der Waals surface area contributed by atoms with Gasteiger partial charge in [-0.1, -0.05) is 15.9 Å². The molecule has 4 aromatic rings. The Morgan fingerprint density at radius 2 is 1.93 bits per heavy atom. The van der Waals surface area contributed by atoms with Crippen molar-refractivity contribution in [3.8, 4) is 0 Å². The fourth-order valence-electron chi connectivity index (χ4n) is 2.89. The Bertz CT molecular complexity index is 1390. The lowest BCUT2D eigenvalue weighted by Crippen LogP contribution is -2.11. The van der Waals surface area contributed by atoms with Crippen LogP contribution in [0.25, 0.3) is 16.7 Å². The Labute approximate surface area is 177 Å². The van der Waals surface area contributed by atoms with Gasteiger partial charge in [-0.3, -0.25) is 9.89 Å². The molecule has 0 radical (unpaired) electrons. The standard InChI is InChI=1S/C19H12BrFN4O4S/c20-11-1-6-16-14(7-11)15(17(26)8-18(27)19-22-10-23-24-19)9-25(16)30(28,29)13-4-2-12(21)3-5-13/h1-10,26H,(H,22,23,24)/b17-8+. The van der Waals surface area contributed by atoms with Crippen molar-refractivity contribution >= 4 is 48.4 Å². The summed E-state index contributed by atoms with van der Waals surface area (Å²) in [6, 6.07) is 9.20. The summed E-state index contributed by atoms with van der Waals surface area (Å²) in [5.74, 6) is -1.73. The number of fused-ring (bicyclic) bond motifs is 1. The third-order valence-corrected chi connectivity index (χ3v) is 6.48. The van der Waals surface area contributed by atoms with Gasteiger partial charge in [-0.15, -0.1) is 0 Å². The molecule has 2 aromatic carbocycles. The highest BCUT2D eigenvalue weighted by atomic mass is 79.9. The van der Waals surface area contributed by atoms with Crippen LogP contribution < -0.4 is 0 Å². The number of allylic oxidation sites excluding steroid dienone is 1. The van der Waals surface area contributed by atoms with E-state index in [2.05, 4.69) is 31.1 Å². The van der Waals surface area contributed by atoms with Crippen molar-refractivity contribution in [2.45, 2.75) is 4.90 Å². The number of ketones is 1. The first kappa shape index (κ1) is 20.0. The molecule has 30 heavy (non-hydrogen) atoms. The number of halogens is 2. The number of aliphatic hydroxyl groups excluding tert-OH is 1. The summed E-state index contributed by atoms with van der Waals surface area (Å²) in [4.78, 5) is 15.8. The first-order valence-corrected chi connectivity index (χ1v) is 10.6. The number of aliphatic hydroxyl groups is 1. The summed E-state index contributed by atoms with van der Waals surface area (Å²) in [5.41, 5.74) is 0.384. The van der Waals surface area contributed by atoms with Crippen molar-refractivity contribution in [2.24, 2.45) is 0 Å². The predicted octanol–water partition coefficient (Wildman–Crippen LogP) is 3.68. The molecule has 2 N–H and O–H groups in total. The number of benzene rings is 2. The first-order chi connectivity index (χ1) is 14.3. The third kappa shape index (κ3) is 3.53. The number of aromatic nitrogens is 4. The number of carbonyl (C=O) groups excluding carboxylic acids is 1. The van der Waals surface area contributed by atoms with Crippen LogP contribution in [0.4, 0.5) is 4.39 Å². The highest BCUT2D eigenvalue weighted by Gasteiger charge is 2.23. The van der Waals surface area contributed by atoms with Crippen molar-refractivity contribution in [2.75, 3.05) is 0 Å². The average molecular weight is 491 g/mol. The van der Waals surface area contributed by atoms with Crippen LogP contribution in [-0.4, -0.2) is 38.5 Å². The molecule has 0 bridgehead atoms. The second-order valence-corrected chi connectivity index (χ2v) is 8.92. The van der Waals surface area contributed by atoms with Gasteiger partial charge in [0.25, 0.3) is 10.0 Å². The number of H-pyrrole nitrogens is 1. The van der Waals surface area contributed by atoms with E-state index >= 15 is 0 Å². The number of hydrogen-bond acceptors (Lipinski definition) is 6. The quantitative estimate of drug-likeness (QED) is 0.250. The maximum Gasteiger partial charge on any atom is 0.268 e. The van der Waals surface area contributed by atoms with E-state index in [9.17, 15) is 22.7 Å². The Balaban J connectivity index is 1.89. The molecule has 0 fully saturated rings. The van der Waals surface area contributed by atoms with E-state index in [1.54, 1.807) is 18.2 Å². The maximum atomic E-state index is 13.2. The Morgan fingerprint density at radius 3 is 2.60 bits per heavy atom. The van der Waals surface area contributed by atoms with Gasteiger partial charge in [-0.05, 0) is 42.5 Å². The smallest absolute Gasteiger partial charge is 0.268 e. The van der Waals surface area contributed by atoms with Crippen LogP contribution in [-0.2, 0) is 10.0 Å². The van der Waals surface area contributed by atoms with E-state index in [1.807, 2.05) is 0 Å². The van der Waals surface area contributed by atoms with Gasteiger partial charge in [0.05, 0.1) is 10.4 Å². The van der Waals surface area contributed by atoms with Crippen LogP contribution in [0.1, 0.15) is 16.2 Å². The zero-order chi connectivity index (χ0) is 21.5. The monoisotopic (exact) mass is 490 g/mol. The van der Waals surface area contributed by atoms with E-state index < -0.39 is 27.4 Å². The number of nitrogens with one attached hydrogen (secondary N) is 1. The lowest BCUT2D eigenvalue weighted by atomic mass is 10.1. The molecule has 0 aliphatic heterocycles. The predicted molar refractivity (Wildman–Crippen MR) is 110 cm³/mol. The second kappa shape index (κ2) is 7.50. The van der Waals surface area contributed by atoms with Crippen molar-refractivity contribution in [3.05, 3.63) is 82.7 Å². The molecule has 152 valence electrons. The lowest BCUT2D eigenvalue weighted by molar-refractivity contribution is 0.103. The molecule has 4 rings (SSSR count). The van der Waals surface area contributed by atoms with Crippen LogP contribution in [0.15, 0.2) is 70.4 Å². The van der Waals surface area contributed by atoms with Gasteiger partial charge in [-0.2, -0.15) is 5.10 Å². The van der Waals surface area contributed by atoms with E-state index in [0.717, 1.165) is 40.6 Å². The highest BCUT2D eigenvalue weighted by Crippen LogP contribution is 2.31. The minimum Gasteiger partial charge on any atom is -0.507 e. The molecule has 0 aliphatic carbocycles. The Kier molecular flexibility index (Phi) is 5.00. The van der Waals surface area contributed by atoms with Crippen molar-refractivity contribution in [1.82, 2.24) is 19.2 Å². The summed E-state index contributed by atoms with van der Waals surface area (Å²) in [6.07, 6.45) is 3.27. The molecule has 0 saturated carbocycles.